The number of rotatable bonds is 7. The van der Waals surface area contributed by atoms with Gasteiger partial charge in [0.15, 0.2) is 6.49 Å². The number of hydrogen-bond acceptors (Lipinski definition) is 3. The number of unbranched alkanes of at least 4 members (excludes halogenated alkanes) is 3. The lowest BCUT2D eigenvalue weighted by molar-refractivity contribution is 0.300. The summed E-state index contributed by atoms with van der Waals surface area (Å²) < 4.78 is 5.06. The number of hydrogen-bond donors (Lipinski definition) is 2. The van der Waals surface area contributed by atoms with Gasteiger partial charge in [-0.1, -0.05) is 12.8 Å². The van der Waals surface area contributed by atoms with Crippen LogP contribution in [0.2, 0.25) is 0 Å². The van der Waals surface area contributed by atoms with E-state index in [0.717, 1.165) is 32.2 Å². The molecule has 3 N–H and O–H groups in total. The SMILES string of the molecule is CP(O)(=S)OCCCCCCN. The van der Waals surface area contributed by atoms with Crippen LogP contribution in [-0.4, -0.2) is 24.7 Å². The molecular formula is C7H18NO2PS. The monoisotopic (exact) mass is 211 g/mol. The summed E-state index contributed by atoms with van der Waals surface area (Å²) in [7, 11) is 0. The Balaban J connectivity index is 3.06. The summed E-state index contributed by atoms with van der Waals surface area (Å²) in [5.74, 6) is 0. The molecule has 0 radical (unpaired) electrons. The van der Waals surface area contributed by atoms with E-state index in [2.05, 4.69) is 0 Å². The van der Waals surface area contributed by atoms with Crippen molar-refractivity contribution in [1.29, 1.82) is 0 Å². The van der Waals surface area contributed by atoms with E-state index in [1.54, 1.807) is 6.66 Å². The highest BCUT2D eigenvalue weighted by Crippen LogP contribution is 2.36. The standard InChI is InChI=1S/C7H18NO2PS/c1-11(9,12)10-7-5-3-2-4-6-8/h2-8H2,1H3,(H,9,12). The molecule has 0 aromatic rings. The molecule has 0 heterocycles. The molecule has 0 aromatic heterocycles. The third kappa shape index (κ3) is 10.5. The first kappa shape index (κ1) is 12.5. The maximum absolute atomic E-state index is 9.10. The molecule has 0 rings (SSSR count). The summed E-state index contributed by atoms with van der Waals surface area (Å²) in [4.78, 5) is 9.10. The van der Waals surface area contributed by atoms with Crippen molar-refractivity contribution >= 4 is 18.3 Å². The zero-order chi connectivity index (χ0) is 9.45. The molecule has 0 saturated heterocycles. The quantitative estimate of drug-likeness (QED) is 0.494. The molecule has 0 aliphatic heterocycles. The maximum atomic E-state index is 9.10. The summed E-state index contributed by atoms with van der Waals surface area (Å²) in [5.41, 5.74) is 5.33. The van der Waals surface area contributed by atoms with E-state index in [1.807, 2.05) is 0 Å². The zero-order valence-electron chi connectivity index (χ0n) is 7.53. The minimum Gasteiger partial charge on any atom is -0.345 e. The molecule has 0 aromatic carbocycles. The third-order valence-corrected chi connectivity index (χ3v) is 2.41. The van der Waals surface area contributed by atoms with Crippen molar-refractivity contribution in [1.82, 2.24) is 0 Å². The van der Waals surface area contributed by atoms with E-state index in [9.17, 15) is 0 Å². The van der Waals surface area contributed by atoms with Gasteiger partial charge in [0.25, 0.3) is 0 Å². The highest BCUT2D eigenvalue weighted by atomic mass is 32.5. The fourth-order valence-electron chi connectivity index (χ4n) is 0.834. The Morgan fingerprint density at radius 3 is 2.42 bits per heavy atom. The molecule has 3 nitrogen and oxygen atoms in total. The van der Waals surface area contributed by atoms with Gasteiger partial charge in [0.1, 0.15) is 0 Å². The van der Waals surface area contributed by atoms with Crippen LogP contribution in [0.4, 0.5) is 0 Å². The smallest absolute Gasteiger partial charge is 0.183 e. The first-order chi connectivity index (χ1) is 5.56. The summed E-state index contributed by atoms with van der Waals surface area (Å²) in [5, 5.41) is 0. The molecular weight excluding hydrogens is 193 g/mol. The molecule has 0 amide bonds. The Morgan fingerprint density at radius 2 is 1.92 bits per heavy atom. The van der Waals surface area contributed by atoms with Gasteiger partial charge in [-0.25, -0.2) is 0 Å². The second-order valence-corrected chi connectivity index (χ2v) is 6.74. The Morgan fingerprint density at radius 1 is 1.33 bits per heavy atom. The van der Waals surface area contributed by atoms with E-state index >= 15 is 0 Å². The van der Waals surface area contributed by atoms with Crippen molar-refractivity contribution in [2.75, 3.05) is 19.8 Å². The van der Waals surface area contributed by atoms with Crippen LogP contribution < -0.4 is 5.73 Å². The predicted octanol–water partition coefficient (Wildman–Crippen LogP) is 1.45. The van der Waals surface area contributed by atoms with E-state index < -0.39 is 6.49 Å². The Kier molecular flexibility index (Phi) is 7.29. The normalized spacial score (nSPS) is 15.9. The fourth-order valence-corrected chi connectivity index (χ4v) is 1.53. The molecule has 0 fully saturated rings. The highest BCUT2D eigenvalue weighted by molar-refractivity contribution is 8.09. The van der Waals surface area contributed by atoms with Gasteiger partial charge in [-0.2, -0.15) is 0 Å². The van der Waals surface area contributed by atoms with E-state index in [0.29, 0.717) is 6.61 Å². The highest BCUT2D eigenvalue weighted by Gasteiger charge is 2.02. The molecule has 0 bridgehead atoms. The van der Waals surface area contributed by atoms with Gasteiger partial charge in [0.2, 0.25) is 0 Å². The van der Waals surface area contributed by atoms with Crippen molar-refractivity contribution in [3.8, 4) is 0 Å². The fraction of sp³-hybridized carbons (Fsp3) is 1.00. The van der Waals surface area contributed by atoms with Gasteiger partial charge < -0.3 is 15.2 Å². The first-order valence-electron chi connectivity index (χ1n) is 4.21. The van der Waals surface area contributed by atoms with Crippen LogP contribution in [0.25, 0.3) is 0 Å². The lowest BCUT2D eigenvalue weighted by atomic mass is 10.2. The van der Waals surface area contributed by atoms with Crippen LogP contribution in [0.3, 0.4) is 0 Å². The summed E-state index contributed by atoms with van der Waals surface area (Å²) in [6, 6.07) is 0. The minimum atomic E-state index is -2.41. The lowest BCUT2D eigenvalue weighted by Crippen LogP contribution is -1.98. The van der Waals surface area contributed by atoms with Crippen LogP contribution in [0.5, 0.6) is 0 Å². The molecule has 0 saturated carbocycles. The molecule has 0 spiro atoms. The van der Waals surface area contributed by atoms with Gasteiger partial charge in [0, 0.05) is 6.66 Å². The van der Waals surface area contributed by atoms with Crippen LogP contribution in [0.15, 0.2) is 0 Å². The van der Waals surface area contributed by atoms with Crippen molar-refractivity contribution in [2.45, 2.75) is 25.7 Å². The zero-order valence-corrected chi connectivity index (χ0v) is 9.24. The number of nitrogens with two attached hydrogens (primary N) is 1. The second-order valence-electron chi connectivity index (χ2n) is 2.84. The molecule has 0 aliphatic carbocycles. The average molecular weight is 211 g/mol. The van der Waals surface area contributed by atoms with Crippen molar-refractivity contribution in [3.63, 3.8) is 0 Å². The Labute approximate surface area is 79.5 Å². The van der Waals surface area contributed by atoms with Gasteiger partial charge >= 0.3 is 0 Å². The largest absolute Gasteiger partial charge is 0.345 e. The summed E-state index contributed by atoms with van der Waals surface area (Å²) in [6.45, 7) is 0.494. The van der Waals surface area contributed by atoms with Gasteiger partial charge in [-0.3, -0.25) is 0 Å². The molecule has 1 atom stereocenters. The minimum absolute atomic E-state index is 0.578. The molecule has 74 valence electrons. The molecule has 5 heteroatoms. The van der Waals surface area contributed by atoms with Gasteiger partial charge in [0.05, 0.1) is 6.61 Å². The second kappa shape index (κ2) is 6.98. The molecule has 12 heavy (non-hydrogen) atoms. The van der Waals surface area contributed by atoms with Crippen molar-refractivity contribution in [3.05, 3.63) is 0 Å². The van der Waals surface area contributed by atoms with Crippen molar-refractivity contribution in [2.24, 2.45) is 5.73 Å². The first-order valence-corrected chi connectivity index (χ1v) is 7.33. The van der Waals surface area contributed by atoms with E-state index in [1.165, 1.54) is 0 Å². The van der Waals surface area contributed by atoms with Gasteiger partial charge in [-0.15, -0.1) is 0 Å². The Bertz CT molecular complexity index is 148. The maximum Gasteiger partial charge on any atom is 0.183 e. The molecule has 0 aliphatic rings. The van der Waals surface area contributed by atoms with Crippen LogP contribution in [-0.2, 0) is 16.3 Å². The summed E-state index contributed by atoms with van der Waals surface area (Å²) in [6.07, 6.45) is 4.27. The van der Waals surface area contributed by atoms with Crippen LogP contribution >= 0.6 is 6.49 Å². The topological polar surface area (TPSA) is 55.5 Å². The average Bonchev–Trinajstić information content (AvgIpc) is 1.94. The van der Waals surface area contributed by atoms with Crippen LogP contribution in [0, 0.1) is 0 Å². The predicted molar refractivity (Wildman–Crippen MR) is 55.9 cm³/mol. The van der Waals surface area contributed by atoms with Crippen LogP contribution in [0.1, 0.15) is 25.7 Å². The third-order valence-electron chi connectivity index (χ3n) is 1.43. The van der Waals surface area contributed by atoms with E-state index in [4.69, 9.17) is 27.0 Å². The van der Waals surface area contributed by atoms with Gasteiger partial charge in [-0.05, 0) is 31.2 Å². The van der Waals surface area contributed by atoms with Crippen molar-refractivity contribution < 1.29 is 9.42 Å². The summed E-state index contributed by atoms with van der Waals surface area (Å²) >= 11 is 4.71. The lowest BCUT2D eigenvalue weighted by Gasteiger charge is -2.09. The Hall–Kier alpha value is 0.530. The van der Waals surface area contributed by atoms with E-state index in [-0.39, 0.29) is 0 Å². The molecule has 1 unspecified atom stereocenters.